The summed E-state index contributed by atoms with van der Waals surface area (Å²) in [5, 5.41) is 3.26. The summed E-state index contributed by atoms with van der Waals surface area (Å²) >= 11 is 12.1. The van der Waals surface area contributed by atoms with Crippen LogP contribution in [0.4, 0.5) is 11.4 Å². The van der Waals surface area contributed by atoms with Gasteiger partial charge < -0.3 is 5.32 Å². The van der Waals surface area contributed by atoms with E-state index in [1.54, 1.807) is 24.3 Å². The van der Waals surface area contributed by atoms with Gasteiger partial charge in [0.1, 0.15) is 10.7 Å². The average Bonchev–Trinajstić information content (AvgIpc) is 2.70. The van der Waals surface area contributed by atoms with E-state index in [1.807, 2.05) is 32.0 Å². The van der Waals surface area contributed by atoms with Crippen molar-refractivity contribution < 1.29 is 9.59 Å². The Morgan fingerprint density at radius 1 is 0.917 bits per heavy atom. The van der Waals surface area contributed by atoms with E-state index in [2.05, 4.69) is 5.32 Å². The molecule has 0 fully saturated rings. The maximum Gasteiger partial charge on any atom is 0.283 e. The smallest absolute Gasteiger partial charge is 0.283 e. The predicted octanol–water partition coefficient (Wildman–Crippen LogP) is 4.39. The molecule has 0 aliphatic carbocycles. The minimum absolute atomic E-state index is 0.0617. The molecule has 0 spiro atoms. The standard InChI is InChI=1S/C18H14Cl2N2O2/c1-10-6-11(2)8-13(7-10)21-16-15(20)17(23)22(18(16)24)14-5-3-4-12(19)9-14/h3-9,21H,1-2H3. The number of amides is 2. The molecule has 0 saturated carbocycles. The Balaban J connectivity index is 1.94. The number of nitrogens with one attached hydrogen (secondary N) is 1. The number of halogens is 2. The third-order valence-corrected chi connectivity index (χ3v) is 4.17. The maximum atomic E-state index is 12.7. The van der Waals surface area contributed by atoms with Crippen molar-refractivity contribution in [1.29, 1.82) is 0 Å². The van der Waals surface area contributed by atoms with Gasteiger partial charge in [-0.05, 0) is 55.3 Å². The van der Waals surface area contributed by atoms with Crippen LogP contribution >= 0.6 is 23.2 Å². The van der Waals surface area contributed by atoms with Gasteiger partial charge in [0.2, 0.25) is 0 Å². The van der Waals surface area contributed by atoms with Crippen LogP contribution in [-0.4, -0.2) is 11.8 Å². The summed E-state index contributed by atoms with van der Waals surface area (Å²) in [6.45, 7) is 3.90. The van der Waals surface area contributed by atoms with Crippen molar-refractivity contribution in [2.24, 2.45) is 0 Å². The quantitative estimate of drug-likeness (QED) is 0.825. The third kappa shape index (κ3) is 3.03. The average molecular weight is 361 g/mol. The van der Waals surface area contributed by atoms with Crippen molar-refractivity contribution in [3.63, 3.8) is 0 Å². The first-order valence-electron chi connectivity index (χ1n) is 7.26. The summed E-state index contributed by atoms with van der Waals surface area (Å²) in [5.41, 5.74) is 3.23. The van der Waals surface area contributed by atoms with Crippen molar-refractivity contribution in [2.45, 2.75) is 13.8 Å². The Morgan fingerprint density at radius 3 is 2.21 bits per heavy atom. The fraction of sp³-hybridized carbons (Fsp3) is 0.111. The number of hydrogen-bond acceptors (Lipinski definition) is 3. The van der Waals surface area contributed by atoms with Crippen LogP contribution in [0.25, 0.3) is 0 Å². The second-order valence-corrected chi connectivity index (χ2v) is 6.43. The highest BCUT2D eigenvalue weighted by Gasteiger charge is 2.39. The minimum Gasteiger partial charge on any atom is -0.350 e. The zero-order valence-corrected chi connectivity index (χ0v) is 14.6. The number of carbonyl (C=O) groups is 2. The number of hydrogen-bond donors (Lipinski definition) is 1. The van der Waals surface area contributed by atoms with Crippen LogP contribution in [0, 0.1) is 13.8 Å². The Bertz CT molecular complexity index is 870. The molecule has 6 heteroatoms. The summed E-state index contributed by atoms with van der Waals surface area (Å²) in [6.07, 6.45) is 0. The zero-order valence-electron chi connectivity index (χ0n) is 13.1. The van der Waals surface area contributed by atoms with Crippen LogP contribution in [0.5, 0.6) is 0 Å². The summed E-state index contributed by atoms with van der Waals surface area (Å²) in [4.78, 5) is 26.1. The van der Waals surface area contributed by atoms with Crippen LogP contribution in [0.15, 0.2) is 53.2 Å². The van der Waals surface area contributed by atoms with E-state index < -0.39 is 11.8 Å². The molecule has 0 unspecified atom stereocenters. The van der Waals surface area contributed by atoms with Gasteiger partial charge in [-0.3, -0.25) is 9.59 Å². The van der Waals surface area contributed by atoms with Gasteiger partial charge in [-0.1, -0.05) is 35.3 Å². The van der Waals surface area contributed by atoms with E-state index in [1.165, 1.54) is 0 Å². The van der Waals surface area contributed by atoms with Crippen LogP contribution in [-0.2, 0) is 9.59 Å². The first kappa shape index (κ1) is 16.6. The molecule has 0 atom stereocenters. The van der Waals surface area contributed by atoms with E-state index in [4.69, 9.17) is 23.2 Å². The predicted molar refractivity (Wildman–Crippen MR) is 96.4 cm³/mol. The van der Waals surface area contributed by atoms with Gasteiger partial charge in [0, 0.05) is 10.7 Å². The van der Waals surface area contributed by atoms with Crippen LogP contribution in [0.1, 0.15) is 11.1 Å². The van der Waals surface area contributed by atoms with E-state index in [-0.39, 0.29) is 10.7 Å². The zero-order chi connectivity index (χ0) is 17.4. The second kappa shape index (κ2) is 6.30. The lowest BCUT2D eigenvalue weighted by Gasteiger charge is -2.15. The molecule has 4 nitrogen and oxygen atoms in total. The van der Waals surface area contributed by atoms with Gasteiger partial charge in [-0.15, -0.1) is 0 Å². The van der Waals surface area contributed by atoms with Crippen LogP contribution in [0.2, 0.25) is 5.02 Å². The number of rotatable bonds is 3. The van der Waals surface area contributed by atoms with Crippen molar-refractivity contribution in [3.05, 3.63) is 69.3 Å². The van der Waals surface area contributed by atoms with Gasteiger partial charge in [-0.25, -0.2) is 4.90 Å². The van der Waals surface area contributed by atoms with Gasteiger partial charge in [0.15, 0.2) is 0 Å². The van der Waals surface area contributed by atoms with Crippen LogP contribution in [0.3, 0.4) is 0 Å². The van der Waals surface area contributed by atoms with Gasteiger partial charge in [0.25, 0.3) is 11.8 Å². The number of nitrogens with zero attached hydrogens (tertiary/aromatic N) is 1. The highest BCUT2D eigenvalue weighted by atomic mass is 35.5. The molecule has 1 aliphatic heterocycles. The second-order valence-electron chi connectivity index (χ2n) is 5.62. The number of aryl methyl sites for hydroxylation is 2. The highest BCUT2D eigenvalue weighted by Crippen LogP contribution is 2.31. The number of benzene rings is 2. The first-order chi connectivity index (χ1) is 11.4. The van der Waals surface area contributed by atoms with Gasteiger partial charge >= 0.3 is 0 Å². The first-order valence-corrected chi connectivity index (χ1v) is 8.02. The molecular formula is C18H14Cl2N2O2. The molecule has 1 aliphatic rings. The molecular weight excluding hydrogens is 347 g/mol. The Morgan fingerprint density at radius 2 is 1.58 bits per heavy atom. The van der Waals surface area contributed by atoms with E-state index in [0.29, 0.717) is 16.4 Å². The van der Waals surface area contributed by atoms with E-state index in [9.17, 15) is 9.59 Å². The Labute approximate surface area is 149 Å². The van der Waals surface area contributed by atoms with Crippen molar-refractivity contribution in [2.75, 3.05) is 10.2 Å². The highest BCUT2D eigenvalue weighted by molar-refractivity contribution is 6.53. The molecule has 2 aromatic carbocycles. The minimum atomic E-state index is -0.573. The molecule has 122 valence electrons. The molecule has 0 radical (unpaired) electrons. The summed E-state index contributed by atoms with van der Waals surface area (Å²) in [7, 11) is 0. The molecule has 0 bridgehead atoms. The lowest BCUT2D eigenvalue weighted by atomic mass is 10.1. The molecule has 1 N–H and O–H groups in total. The SMILES string of the molecule is Cc1cc(C)cc(NC2=C(Cl)C(=O)N(c3cccc(Cl)c3)C2=O)c1. The Kier molecular flexibility index (Phi) is 4.35. The number of imide groups is 1. The van der Waals surface area contributed by atoms with Gasteiger partial charge in [-0.2, -0.15) is 0 Å². The summed E-state index contributed by atoms with van der Waals surface area (Å²) in [5.74, 6) is -1.08. The van der Waals surface area contributed by atoms with E-state index >= 15 is 0 Å². The fourth-order valence-electron chi connectivity index (χ4n) is 2.65. The summed E-state index contributed by atoms with van der Waals surface area (Å²) < 4.78 is 0. The monoisotopic (exact) mass is 360 g/mol. The number of anilines is 2. The summed E-state index contributed by atoms with van der Waals surface area (Å²) in [6, 6.07) is 12.3. The lowest BCUT2D eigenvalue weighted by Crippen LogP contribution is -2.32. The largest absolute Gasteiger partial charge is 0.350 e. The van der Waals surface area contributed by atoms with Crippen molar-refractivity contribution >= 4 is 46.4 Å². The molecule has 24 heavy (non-hydrogen) atoms. The van der Waals surface area contributed by atoms with E-state index in [0.717, 1.165) is 16.0 Å². The fourth-order valence-corrected chi connectivity index (χ4v) is 3.05. The molecule has 1 heterocycles. The molecule has 3 rings (SSSR count). The molecule has 0 saturated heterocycles. The third-order valence-electron chi connectivity index (χ3n) is 3.58. The van der Waals surface area contributed by atoms with Gasteiger partial charge in [0.05, 0.1) is 5.69 Å². The topological polar surface area (TPSA) is 49.4 Å². The lowest BCUT2D eigenvalue weighted by molar-refractivity contribution is -0.120. The maximum absolute atomic E-state index is 12.7. The molecule has 0 aromatic heterocycles. The van der Waals surface area contributed by atoms with Crippen molar-refractivity contribution in [1.82, 2.24) is 0 Å². The molecule has 2 aromatic rings. The molecule has 2 amide bonds. The normalized spacial score (nSPS) is 14.6. The Hall–Kier alpha value is -2.30. The van der Waals surface area contributed by atoms with Crippen molar-refractivity contribution in [3.8, 4) is 0 Å². The van der Waals surface area contributed by atoms with Crippen LogP contribution < -0.4 is 10.2 Å². The number of carbonyl (C=O) groups excluding carboxylic acids is 2.